The lowest BCUT2D eigenvalue weighted by Gasteiger charge is -1.48. The topological polar surface area (TPSA) is 0 Å². The molecule has 0 heteroatoms. The Morgan fingerprint density at radius 3 is 0.190 bits per heavy atom. The first-order valence-electron chi connectivity index (χ1n) is 9.90. The number of hydrogen-bond donors (Lipinski definition) is 0. The molecule has 140 valence electrons. The molecule has 0 aliphatic rings. The molecule has 21 heavy (non-hydrogen) atoms. The molecule has 0 aromatic heterocycles. The second-order valence-electron chi connectivity index (χ2n) is 4.95. The molecule has 0 heterocycles. The summed E-state index contributed by atoms with van der Waals surface area (Å²) < 4.78 is 0. The molecule has 0 radical (unpaired) electrons. The van der Waals surface area contributed by atoms with Crippen molar-refractivity contribution in [2.24, 2.45) is 0 Å². The molecule has 0 atom stereocenters. The Bertz CT molecular complexity index is 19.7. The highest BCUT2D eigenvalue weighted by Gasteiger charge is 1.37. The van der Waals surface area contributed by atoms with Gasteiger partial charge >= 0.3 is 0 Å². The van der Waals surface area contributed by atoms with E-state index in [-0.39, 0.29) is 0 Å². The van der Waals surface area contributed by atoms with Crippen LogP contribution in [0.2, 0.25) is 0 Å². The van der Waals surface area contributed by atoms with Gasteiger partial charge in [0.1, 0.15) is 0 Å². The first-order valence-corrected chi connectivity index (χ1v) is 9.90. The van der Waals surface area contributed by atoms with Crippen molar-refractivity contribution in [1.29, 1.82) is 0 Å². The third-order valence-corrected chi connectivity index (χ3v) is 0. The van der Waals surface area contributed by atoms with E-state index in [1.165, 1.54) is 44.9 Å². The monoisotopic (exact) mass is 308 g/mol. The summed E-state index contributed by atoms with van der Waals surface area (Å²) in [6.07, 6.45) is 8.75. The Morgan fingerprint density at radius 1 is 0.190 bits per heavy atom. The lowest BCUT2D eigenvalue weighted by molar-refractivity contribution is 1.09. The highest BCUT2D eigenvalue weighted by molar-refractivity contribution is 3.94. The van der Waals surface area contributed by atoms with Crippen molar-refractivity contribution in [3.8, 4) is 0 Å². The molecule has 0 aliphatic carbocycles. The predicted molar refractivity (Wildman–Crippen MR) is 112 cm³/mol. The van der Waals surface area contributed by atoms with Gasteiger partial charge < -0.3 is 0 Å². The van der Waals surface area contributed by atoms with Gasteiger partial charge in [-0.2, -0.15) is 0 Å². The maximum absolute atomic E-state index is 2.12. The van der Waals surface area contributed by atoms with Crippen LogP contribution in [0.4, 0.5) is 0 Å². The smallest absolute Gasteiger partial charge is 0.0590 e. The van der Waals surface area contributed by atoms with Crippen LogP contribution in [-0.4, -0.2) is 0 Å². The van der Waals surface area contributed by atoms with E-state index in [9.17, 15) is 0 Å². The van der Waals surface area contributed by atoms with Gasteiger partial charge in [0.25, 0.3) is 0 Å². The van der Waals surface area contributed by atoms with E-state index in [0.29, 0.717) is 0 Å². The van der Waals surface area contributed by atoms with Gasteiger partial charge in [0.2, 0.25) is 0 Å². The van der Waals surface area contributed by atoms with Crippen LogP contribution in [0.3, 0.4) is 0 Å². The average molecular weight is 309 g/mol. The Hall–Kier alpha value is 0. The fourth-order valence-electron chi connectivity index (χ4n) is 0. The zero-order valence-corrected chi connectivity index (χ0v) is 18.9. The fourth-order valence-corrected chi connectivity index (χ4v) is 0. The first kappa shape index (κ1) is 42.9. The molecule has 0 fully saturated rings. The summed E-state index contributed by atoms with van der Waals surface area (Å²) in [6, 6.07) is 0. The Labute approximate surface area is 142 Å². The van der Waals surface area contributed by atoms with Gasteiger partial charge in [0, 0.05) is 0 Å². The second-order valence-corrected chi connectivity index (χ2v) is 4.95. The molecule has 0 spiro atoms. The molecular formula is C21H56. The fraction of sp³-hybridized carbons (Fsp3) is 1.00. The summed E-state index contributed by atoms with van der Waals surface area (Å²) in [5.74, 6) is 0. The van der Waals surface area contributed by atoms with Gasteiger partial charge in [-0.25, -0.2) is 0 Å². The van der Waals surface area contributed by atoms with Gasteiger partial charge in [0.15, 0.2) is 0 Å². The molecule has 0 aromatic carbocycles. The maximum atomic E-state index is 2.12. The molecule has 0 amide bonds. The molecule has 0 saturated heterocycles. The Balaban J connectivity index is -0.0000000218. The summed E-state index contributed by atoms with van der Waals surface area (Å²) in [4.78, 5) is 0. The molecule has 0 aromatic rings. The van der Waals surface area contributed by atoms with Crippen molar-refractivity contribution >= 4 is 0 Å². The quantitative estimate of drug-likeness (QED) is 0.417. The Morgan fingerprint density at radius 2 is 0.190 bits per heavy atom. The van der Waals surface area contributed by atoms with Crippen molar-refractivity contribution in [2.75, 3.05) is 0 Å². The minimum absolute atomic E-state index is 1.25. The van der Waals surface area contributed by atoms with Crippen LogP contribution in [0.15, 0.2) is 0 Å². The Kier molecular flexibility index (Phi) is 301. The van der Waals surface area contributed by atoms with Crippen molar-refractivity contribution in [3.05, 3.63) is 0 Å². The lowest BCUT2D eigenvalue weighted by atomic mass is 10.6. The minimum atomic E-state index is 1.25. The summed E-state index contributed by atoms with van der Waals surface area (Å²) in [5.41, 5.74) is 0. The molecule has 0 saturated carbocycles. The SMILES string of the molecule is CCC.CCC.CCC.CCC.CCC.CCC.CCC. The summed E-state index contributed by atoms with van der Waals surface area (Å²) in [7, 11) is 0. The van der Waals surface area contributed by atoms with Crippen molar-refractivity contribution in [2.45, 2.75) is 142 Å². The highest BCUT2D eigenvalue weighted by atomic mass is 13.4. The van der Waals surface area contributed by atoms with Crippen LogP contribution in [0.5, 0.6) is 0 Å². The van der Waals surface area contributed by atoms with Crippen LogP contribution in [0, 0.1) is 0 Å². The van der Waals surface area contributed by atoms with Gasteiger partial charge in [-0.05, 0) is 0 Å². The van der Waals surface area contributed by atoms with Crippen molar-refractivity contribution in [3.63, 3.8) is 0 Å². The van der Waals surface area contributed by atoms with Crippen molar-refractivity contribution < 1.29 is 0 Å². The van der Waals surface area contributed by atoms with E-state index in [1.807, 2.05) is 0 Å². The number of rotatable bonds is 0. The molecule has 0 N–H and O–H groups in total. The first-order chi connectivity index (χ1) is 9.90. The average Bonchev–Trinajstić information content (AvgIpc) is 2.35. The summed E-state index contributed by atoms with van der Waals surface area (Å²) >= 11 is 0. The van der Waals surface area contributed by atoms with E-state index in [2.05, 4.69) is 96.9 Å². The van der Waals surface area contributed by atoms with Gasteiger partial charge in [0.05, 0.1) is 0 Å². The largest absolute Gasteiger partial charge is 0.0656 e. The molecular weight excluding hydrogens is 252 g/mol. The van der Waals surface area contributed by atoms with Gasteiger partial charge in [-0.1, -0.05) is 142 Å². The van der Waals surface area contributed by atoms with Crippen LogP contribution < -0.4 is 0 Å². The van der Waals surface area contributed by atoms with E-state index in [4.69, 9.17) is 0 Å². The molecule has 0 unspecified atom stereocenters. The van der Waals surface area contributed by atoms with Crippen molar-refractivity contribution in [1.82, 2.24) is 0 Å². The predicted octanol–water partition coefficient (Wildman–Crippen LogP) is 9.91. The van der Waals surface area contributed by atoms with Gasteiger partial charge in [-0.3, -0.25) is 0 Å². The summed E-state index contributed by atoms with van der Waals surface area (Å²) in [6.45, 7) is 29.8. The van der Waals surface area contributed by atoms with Crippen LogP contribution >= 0.6 is 0 Å². The molecule has 0 bridgehead atoms. The van der Waals surface area contributed by atoms with Crippen LogP contribution in [0.25, 0.3) is 0 Å². The van der Waals surface area contributed by atoms with E-state index < -0.39 is 0 Å². The lowest BCUT2D eigenvalue weighted by Crippen LogP contribution is -1.27. The maximum Gasteiger partial charge on any atom is -0.0590 e. The highest BCUT2D eigenvalue weighted by Crippen LogP contribution is 1.58. The van der Waals surface area contributed by atoms with E-state index in [1.54, 1.807) is 0 Å². The van der Waals surface area contributed by atoms with Gasteiger partial charge in [-0.15, -0.1) is 0 Å². The third-order valence-electron chi connectivity index (χ3n) is 0. The zero-order valence-electron chi connectivity index (χ0n) is 18.9. The van der Waals surface area contributed by atoms with Crippen LogP contribution in [-0.2, 0) is 0 Å². The molecule has 0 aliphatic heterocycles. The molecule has 0 rings (SSSR count). The standard InChI is InChI=1S/7C3H8/c7*1-3-2/h7*3H2,1-2H3. The summed E-state index contributed by atoms with van der Waals surface area (Å²) in [5, 5.41) is 0. The van der Waals surface area contributed by atoms with E-state index in [0.717, 1.165) is 0 Å². The minimum Gasteiger partial charge on any atom is -0.0656 e. The third kappa shape index (κ3) is 0. The second kappa shape index (κ2) is 147. The zero-order chi connectivity index (χ0) is 18.9. The van der Waals surface area contributed by atoms with E-state index >= 15 is 0 Å². The number of hydrogen-bond acceptors (Lipinski definition) is 0. The normalized spacial score (nSPS) is 6.00. The molecule has 0 nitrogen and oxygen atoms in total. The van der Waals surface area contributed by atoms with Crippen LogP contribution in [0.1, 0.15) is 142 Å².